The van der Waals surface area contributed by atoms with Gasteiger partial charge >= 0.3 is 7.60 Å². The molecule has 0 bridgehead atoms. The number of rotatable bonds is 11. The summed E-state index contributed by atoms with van der Waals surface area (Å²) in [5, 5.41) is 22.3. The molecule has 2 aromatic carbocycles. The van der Waals surface area contributed by atoms with Crippen molar-refractivity contribution in [3.63, 3.8) is 0 Å². The van der Waals surface area contributed by atoms with E-state index in [0.29, 0.717) is 24.2 Å². The van der Waals surface area contributed by atoms with Crippen LogP contribution in [0.1, 0.15) is 83.8 Å². The van der Waals surface area contributed by atoms with Crippen LogP contribution in [-0.4, -0.2) is 41.2 Å². The summed E-state index contributed by atoms with van der Waals surface area (Å²) in [4.78, 5) is 0. The molecule has 0 spiro atoms. The van der Waals surface area contributed by atoms with Gasteiger partial charge in [0, 0.05) is 23.5 Å². The van der Waals surface area contributed by atoms with Crippen LogP contribution >= 0.6 is 7.60 Å². The summed E-state index contributed by atoms with van der Waals surface area (Å²) >= 11 is 0. The average molecular weight is 547 g/mol. The summed E-state index contributed by atoms with van der Waals surface area (Å²) < 4.78 is 38.3. The van der Waals surface area contributed by atoms with Crippen LogP contribution in [0.5, 0.6) is 17.2 Å². The van der Waals surface area contributed by atoms with Crippen molar-refractivity contribution < 1.29 is 33.3 Å². The zero-order valence-electron chi connectivity index (χ0n) is 23.3. The minimum absolute atomic E-state index is 0.0528. The summed E-state index contributed by atoms with van der Waals surface area (Å²) in [6, 6.07) is 12.0. The molecule has 1 aliphatic carbocycles. The van der Waals surface area contributed by atoms with E-state index < -0.39 is 19.3 Å². The lowest BCUT2D eigenvalue weighted by Gasteiger charge is -2.48. The van der Waals surface area contributed by atoms with E-state index in [9.17, 15) is 14.8 Å². The molecule has 0 aromatic heterocycles. The number of aliphatic hydroxyl groups is 1. The van der Waals surface area contributed by atoms with Crippen LogP contribution in [0.4, 0.5) is 0 Å². The second-order valence-electron chi connectivity index (χ2n) is 11.0. The molecule has 2 N–H and O–H groups in total. The van der Waals surface area contributed by atoms with Crippen molar-refractivity contribution in [2.45, 2.75) is 96.9 Å². The van der Waals surface area contributed by atoms with Gasteiger partial charge in [0.2, 0.25) is 0 Å². The quantitative estimate of drug-likeness (QED) is 0.311. The number of aliphatic hydroxyl groups excluding tert-OH is 1. The Morgan fingerprint density at radius 3 is 2.47 bits per heavy atom. The molecule has 1 saturated carbocycles. The van der Waals surface area contributed by atoms with E-state index in [2.05, 4.69) is 12.1 Å². The fourth-order valence-corrected chi connectivity index (χ4v) is 7.88. The largest absolute Gasteiger partial charge is 0.506 e. The average Bonchev–Trinajstić information content (AvgIpc) is 2.84. The highest BCUT2D eigenvalue weighted by Gasteiger charge is 2.50. The molecule has 2 aliphatic rings. The summed E-state index contributed by atoms with van der Waals surface area (Å²) in [6.45, 7) is 9.85. The van der Waals surface area contributed by atoms with Crippen molar-refractivity contribution >= 4 is 12.9 Å². The van der Waals surface area contributed by atoms with Crippen molar-refractivity contribution in [1.82, 2.24) is 0 Å². The van der Waals surface area contributed by atoms with Crippen LogP contribution in [0.15, 0.2) is 36.4 Å². The third kappa shape index (κ3) is 6.07. The van der Waals surface area contributed by atoms with E-state index in [4.69, 9.17) is 18.5 Å². The molecular weight excluding hydrogens is 503 g/mol. The lowest BCUT2D eigenvalue weighted by molar-refractivity contribution is -0.0318. The first-order valence-electron chi connectivity index (χ1n) is 14.0. The number of hydrogen-bond donors (Lipinski definition) is 2. The first-order chi connectivity index (χ1) is 18.1. The Hall–Kier alpha value is -2.05. The van der Waals surface area contributed by atoms with Gasteiger partial charge in [-0.1, -0.05) is 30.3 Å². The lowest BCUT2D eigenvalue weighted by atomic mass is 9.66. The highest BCUT2D eigenvalue weighted by Crippen LogP contribution is 2.59. The minimum atomic E-state index is -3.91. The first kappa shape index (κ1) is 28.9. The molecule has 1 fully saturated rings. The molecule has 0 saturated heterocycles. The van der Waals surface area contributed by atoms with Gasteiger partial charge in [-0.2, -0.15) is 0 Å². The monoisotopic (exact) mass is 546 g/mol. The Kier molecular flexibility index (Phi) is 9.14. The van der Waals surface area contributed by atoms with Gasteiger partial charge in [-0.25, -0.2) is 0 Å². The summed E-state index contributed by atoms with van der Waals surface area (Å²) in [5.74, 6) is 0.533. The lowest BCUT2D eigenvalue weighted by Crippen LogP contribution is -2.47. The van der Waals surface area contributed by atoms with E-state index >= 15 is 0 Å². The fourth-order valence-electron chi connectivity index (χ4n) is 6.10. The van der Waals surface area contributed by atoms with Crippen LogP contribution in [0.2, 0.25) is 0 Å². The van der Waals surface area contributed by atoms with Crippen LogP contribution in [0, 0.1) is 5.92 Å². The predicted molar refractivity (Wildman–Crippen MR) is 149 cm³/mol. The molecule has 4 atom stereocenters. The Balaban J connectivity index is 1.72. The van der Waals surface area contributed by atoms with Crippen LogP contribution in [-0.2, 0) is 20.0 Å². The van der Waals surface area contributed by atoms with Crippen molar-refractivity contribution in [2.75, 3.05) is 13.2 Å². The molecule has 4 rings (SSSR count). The second kappa shape index (κ2) is 12.0. The Bertz CT molecular complexity index is 1120. The maximum Gasteiger partial charge on any atom is 0.368 e. The number of benzene rings is 2. The fraction of sp³-hybridized carbons (Fsp3) is 0.600. The number of aryl methyl sites for hydroxylation is 1. The molecule has 38 heavy (non-hydrogen) atoms. The van der Waals surface area contributed by atoms with Gasteiger partial charge in [0.1, 0.15) is 28.2 Å². The number of ether oxygens (including phenoxy) is 2. The standard InChI is InChI=1S/C30H43O7P/c1-6-34-38(33,35-7-2)29-26(36-20(3)12-11-15-21-13-9-8-10-14-21)19-25-27(28(29)32)23-18-22(31)16-17-24(23)30(4,5)37-25/h8-10,13-14,19-20,22-24,31-32H,6-7,11-12,15-18H2,1-5H3/t20-,22+,23+,24+/m0/s1. The molecule has 0 amide bonds. The highest BCUT2D eigenvalue weighted by molar-refractivity contribution is 7.62. The Morgan fingerprint density at radius 1 is 1.13 bits per heavy atom. The van der Waals surface area contributed by atoms with E-state index in [1.165, 1.54) is 5.56 Å². The number of fused-ring (bicyclic) bond motifs is 3. The van der Waals surface area contributed by atoms with E-state index in [-0.39, 0.29) is 48.0 Å². The van der Waals surface area contributed by atoms with Crippen LogP contribution in [0.3, 0.4) is 0 Å². The van der Waals surface area contributed by atoms with Crippen molar-refractivity contribution in [1.29, 1.82) is 0 Å². The SMILES string of the molecule is CCOP(=O)(OCC)c1c(O[C@@H](C)CCCc2ccccc2)cc2c(c1O)[C@@H]1C[C@H](O)CC[C@H]1C(C)(C)O2. The molecule has 2 aromatic rings. The second-order valence-corrected chi connectivity index (χ2v) is 13.0. The van der Waals surface area contributed by atoms with Crippen molar-refractivity contribution in [2.24, 2.45) is 5.92 Å². The molecule has 0 radical (unpaired) electrons. The minimum Gasteiger partial charge on any atom is -0.506 e. The number of phenolic OH excluding ortho intramolecular Hbond substituents is 1. The van der Waals surface area contributed by atoms with Gasteiger partial charge in [0.15, 0.2) is 0 Å². The van der Waals surface area contributed by atoms with Crippen LogP contribution in [0.25, 0.3) is 0 Å². The Labute approximate surface area is 227 Å². The summed E-state index contributed by atoms with van der Waals surface area (Å²) in [7, 11) is -3.91. The highest BCUT2D eigenvalue weighted by atomic mass is 31.2. The van der Waals surface area contributed by atoms with Crippen molar-refractivity contribution in [3.05, 3.63) is 47.5 Å². The molecule has 7 nitrogen and oxygen atoms in total. The van der Waals surface area contributed by atoms with Gasteiger partial charge in [0.05, 0.1) is 25.4 Å². The number of phenols is 1. The number of aromatic hydroxyl groups is 1. The first-order valence-corrected chi connectivity index (χ1v) is 15.5. The molecule has 1 heterocycles. The molecule has 210 valence electrons. The maximum absolute atomic E-state index is 14.1. The predicted octanol–water partition coefficient (Wildman–Crippen LogP) is 6.49. The zero-order chi connectivity index (χ0) is 27.5. The van der Waals surface area contributed by atoms with Gasteiger partial charge in [-0.15, -0.1) is 0 Å². The van der Waals surface area contributed by atoms with E-state index in [1.807, 2.05) is 39.0 Å². The summed E-state index contributed by atoms with van der Waals surface area (Å²) in [6.07, 6.45) is 3.89. The smallest absolute Gasteiger partial charge is 0.368 e. The zero-order valence-corrected chi connectivity index (χ0v) is 24.2. The molecule has 0 unspecified atom stereocenters. The molecule has 8 heteroatoms. The molecule has 1 aliphatic heterocycles. The third-order valence-corrected chi connectivity index (χ3v) is 10.00. The topological polar surface area (TPSA) is 94.5 Å². The van der Waals surface area contributed by atoms with Gasteiger partial charge in [-0.05, 0) is 78.7 Å². The maximum atomic E-state index is 14.1. The van der Waals surface area contributed by atoms with Gasteiger partial charge < -0.3 is 28.7 Å². The Morgan fingerprint density at radius 2 is 1.82 bits per heavy atom. The molecular formula is C30H43O7P. The van der Waals surface area contributed by atoms with Gasteiger partial charge in [-0.3, -0.25) is 4.57 Å². The van der Waals surface area contributed by atoms with Crippen molar-refractivity contribution in [3.8, 4) is 17.2 Å². The van der Waals surface area contributed by atoms with E-state index in [0.717, 1.165) is 25.7 Å². The van der Waals surface area contributed by atoms with Crippen LogP contribution < -0.4 is 14.8 Å². The summed E-state index contributed by atoms with van der Waals surface area (Å²) in [5.41, 5.74) is 1.34. The normalized spacial score (nSPS) is 23.2. The third-order valence-electron chi connectivity index (χ3n) is 7.82. The van der Waals surface area contributed by atoms with Gasteiger partial charge in [0.25, 0.3) is 0 Å². The van der Waals surface area contributed by atoms with E-state index in [1.54, 1.807) is 19.9 Å². The number of hydrogen-bond acceptors (Lipinski definition) is 7.